The Hall–Kier alpha value is -5.42. The van der Waals surface area contributed by atoms with Gasteiger partial charge in [0.1, 0.15) is 30.1 Å². The Labute approximate surface area is 481 Å². The molecule has 24 heteroatoms. The number of amides is 3. The number of carbonyl (C=O) groups excluding carboxylic acids is 4. The normalized spacial score (nSPS) is 15.1. The molecule has 0 bridgehead atoms. The molecule has 0 saturated carbocycles. The number of aromatic nitrogens is 2. The Morgan fingerprint density at radius 3 is 2.09 bits per heavy atom. The first-order chi connectivity index (χ1) is 38.6. The fourth-order valence-electron chi connectivity index (χ4n) is 8.66. The van der Waals surface area contributed by atoms with Crippen LogP contribution in [0.15, 0.2) is 70.7 Å². The van der Waals surface area contributed by atoms with Crippen molar-refractivity contribution in [1.29, 1.82) is 0 Å². The Morgan fingerprint density at radius 2 is 1.48 bits per heavy atom. The third kappa shape index (κ3) is 19.9. The number of Topliss-reactive ketones (excluding diaryl/α,β-unsaturated/α-hetero) is 1. The van der Waals surface area contributed by atoms with Gasteiger partial charge in [-0.3, -0.25) is 19.2 Å². The van der Waals surface area contributed by atoms with Crippen LogP contribution in [-0.2, 0) is 42.8 Å². The van der Waals surface area contributed by atoms with Crippen LogP contribution in [0.5, 0.6) is 0 Å². The van der Waals surface area contributed by atoms with Gasteiger partial charge in [-0.1, -0.05) is 43.3 Å². The van der Waals surface area contributed by atoms with Crippen molar-refractivity contribution >= 4 is 68.8 Å². The van der Waals surface area contributed by atoms with Crippen molar-refractivity contribution in [3.05, 3.63) is 115 Å². The maximum atomic E-state index is 14.7. The Kier molecular flexibility index (Phi) is 26.7. The molecule has 5 aromatic rings. The average molecular weight is 1250 g/mol. The second-order valence-electron chi connectivity index (χ2n) is 19.2. The number of nitrogens with zero attached hydrogens (tertiary/aromatic N) is 3. The van der Waals surface area contributed by atoms with Crippen LogP contribution in [-0.4, -0.2) is 161 Å². The van der Waals surface area contributed by atoms with Crippen molar-refractivity contribution in [3.63, 3.8) is 0 Å². The standard InChI is InChI=1S/C56H71F3IN7O12S/c1-35(2)51(49-28-36(3)66-79-49)56(72)67-32-41(68)30-47(67)55(71)65-46(38-6-8-39(9-7-38)54-37(4)63-34-80-54)31-50(70)62-16-19-74-21-23-76-25-27-77-26-24-75-22-20-73-18-15-61-14-5-17-78-33-48(69)42-11-12-43(57)52(59)53(42)64-45-13-10-40(60)29-44(45)58/h6-13,28-29,34-35,41,46-47,51,61,64,68H,5,14-27,30-33H2,1-4H3,(H,62,70)(H,65,71)/t41-,46+,47+,51-/m1/s1. The zero-order valence-corrected chi connectivity index (χ0v) is 48.3. The molecule has 3 heterocycles. The molecule has 80 heavy (non-hydrogen) atoms. The van der Waals surface area contributed by atoms with E-state index in [9.17, 15) is 37.5 Å². The fraction of sp³-hybridized carbons (Fsp3) is 0.500. The first-order valence-corrected chi connectivity index (χ1v) is 28.5. The number of halogens is 4. The lowest BCUT2D eigenvalue weighted by molar-refractivity contribution is -0.141. The minimum atomic E-state index is -1.29. The second kappa shape index (κ2) is 33.5. The van der Waals surface area contributed by atoms with Crippen molar-refractivity contribution in [2.45, 2.75) is 71.1 Å². The summed E-state index contributed by atoms with van der Waals surface area (Å²) in [6.45, 7) is 12.4. The zero-order valence-electron chi connectivity index (χ0n) is 45.4. The van der Waals surface area contributed by atoms with Gasteiger partial charge in [0.25, 0.3) is 0 Å². The van der Waals surface area contributed by atoms with Crippen LogP contribution in [0.25, 0.3) is 10.4 Å². The molecule has 3 amide bonds. The van der Waals surface area contributed by atoms with E-state index in [4.69, 9.17) is 32.9 Å². The van der Waals surface area contributed by atoms with E-state index in [0.717, 1.165) is 28.3 Å². The van der Waals surface area contributed by atoms with E-state index >= 15 is 0 Å². The minimum Gasteiger partial charge on any atom is -0.391 e. The van der Waals surface area contributed by atoms with Crippen LogP contribution in [0.1, 0.15) is 78.1 Å². The van der Waals surface area contributed by atoms with Gasteiger partial charge in [0.05, 0.1) is 118 Å². The van der Waals surface area contributed by atoms with Crippen molar-refractivity contribution in [1.82, 2.24) is 31.0 Å². The van der Waals surface area contributed by atoms with Crippen LogP contribution in [0.3, 0.4) is 0 Å². The first kappa shape index (κ1) is 63.8. The summed E-state index contributed by atoms with van der Waals surface area (Å²) < 4.78 is 82.6. The number of β-amino-alcohol motifs (C(OH)–C–C–N with tert-alkyl or cyclic N) is 1. The number of ether oxygens (including phenoxy) is 6. The van der Waals surface area contributed by atoms with Gasteiger partial charge in [-0.25, -0.2) is 18.2 Å². The number of thiazole rings is 1. The van der Waals surface area contributed by atoms with Crippen LogP contribution in [0.2, 0.25) is 0 Å². The fourth-order valence-corrected chi connectivity index (χ4v) is 9.92. The lowest BCUT2D eigenvalue weighted by atomic mass is 9.91. The molecule has 436 valence electrons. The van der Waals surface area contributed by atoms with Crippen molar-refractivity contribution < 1.29 is 70.4 Å². The Balaban J connectivity index is 0.774. The maximum absolute atomic E-state index is 14.7. The molecule has 19 nitrogen and oxygen atoms in total. The van der Waals surface area contributed by atoms with E-state index in [0.29, 0.717) is 99.6 Å². The number of hydrogen-bond donors (Lipinski definition) is 5. The summed E-state index contributed by atoms with van der Waals surface area (Å²) in [7, 11) is 0. The molecule has 1 aliphatic heterocycles. The SMILES string of the molecule is Cc1cc([C@H](C(=O)N2C[C@H](O)C[C@H]2C(=O)N[C@@H](CC(=O)NCCOCCOCCOCCOCCOCCNCCCOCC(=O)c2ccc(F)c(F)c2Nc2ccc(I)cc2F)c2ccc(-c3scnc3C)cc2)C(C)C)on1. The number of aliphatic hydroxyl groups is 1. The molecule has 1 saturated heterocycles. The smallest absolute Gasteiger partial charge is 0.243 e. The predicted molar refractivity (Wildman–Crippen MR) is 301 cm³/mol. The lowest BCUT2D eigenvalue weighted by Crippen LogP contribution is -2.49. The highest BCUT2D eigenvalue weighted by Gasteiger charge is 2.44. The number of hydrogen-bond acceptors (Lipinski definition) is 17. The molecule has 1 fully saturated rings. The first-order valence-electron chi connectivity index (χ1n) is 26.5. The minimum absolute atomic E-state index is 0.0197. The van der Waals surface area contributed by atoms with Crippen molar-refractivity contribution in [2.75, 3.05) is 111 Å². The maximum Gasteiger partial charge on any atom is 0.243 e. The van der Waals surface area contributed by atoms with Gasteiger partial charge in [0, 0.05) is 47.9 Å². The molecule has 5 N–H and O–H groups in total. The number of likely N-dealkylation sites (tertiary alicyclic amines) is 1. The molecule has 4 atom stereocenters. The Bertz CT molecular complexity index is 2760. The van der Waals surface area contributed by atoms with E-state index in [1.165, 1.54) is 28.4 Å². The van der Waals surface area contributed by atoms with E-state index < -0.39 is 58.9 Å². The van der Waals surface area contributed by atoms with Gasteiger partial charge in [0.2, 0.25) is 17.7 Å². The van der Waals surface area contributed by atoms with Gasteiger partial charge >= 0.3 is 0 Å². The largest absolute Gasteiger partial charge is 0.391 e. The van der Waals surface area contributed by atoms with Gasteiger partial charge < -0.3 is 64.2 Å². The number of anilines is 2. The molecule has 0 aliphatic carbocycles. The summed E-state index contributed by atoms with van der Waals surface area (Å²) in [5, 5.41) is 26.3. The highest BCUT2D eigenvalue weighted by Crippen LogP contribution is 2.33. The second-order valence-corrected chi connectivity index (χ2v) is 21.3. The summed E-state index contributed by atoms with van der Waals surface area (Å²) >= 11 is 3.44. The summed E-state index contributed by atoms with van der Waals surface area (Å²) in [6, 6.07) is 13.7. The topological polar surface area (TPSA) is 234 Å². The molecule has 2 aromatic heterocycles. The summed E-state index contributed by atoms with van der Waals surface area (Å²) in [4.78, 5) is 61.1. The highest BCUT2D eigenvalue weighted by molar-refractivity contribution is 14.1. The van der Waals surface area contributed by atoms with Crippen LogP contribution >= 0.6 is 33.9 Å². The van der Waals surface area contributed by atoms with Crippen molar-refractivity contribution in [3.8, 4) is 10.4 Å². The summed E-state index contributed by atoms with van der Waals surface area (Å²) in [5.74, 6) is -5.36. The number of benzene rings is 3. The molecule has 1 aliphatic rings. The summed E-state index contributed by atoms with van der Waals surface area (Å²) in [6.07, 6.45) is -0.374. The number of nitrogens with one attached hydrogen (secondary N) is 4. The predicted octanol–water partition coefficient (Wildman–Crippen LogP) is 7.21. The van der Waals surface area contributed by atoms with E-state index in [2.05, 4.69) is 31.4 Å². The molecular weight excluding hydrogens is 1180 g/mol. The van der Waals surface area contributed by atoms with E-state index in [1.807, 2.05) is 67.6 Å². The van der Waals surface area contributed by atoms with Crippen LogP contribution < -0.4 is 21.3 Å². The molecule has 0 spiro atoms. The van der Waals surface area contributed by atoms with Crippen molar-refractivity contribution in [2.24, 2.45) is 5.92 Å². The van der Waals surface area contributed by atoms with E-state index in [1.54, 1.807) is 24.6 Å². The van der Waals surface area contributed by atoms with Gasteiger partial charge in [-0.05, 0) is 96.8 Å². The number of rotatable bonds is 36. The molecule has 6 rings (SSSR count). The molecule has 0 unspecified atom stereocenters. The summed E-state index contributed by atoms with van der Waals surface area (Å²) in [5.41, 5.74) is 4.24. The van der Waals surface area contributed by atoms with Crippen LogP contribution in [0.4, 0.5) is 24.5 Å². The number of aliphatic hydroxyl groups excluding tert-OH is 1. The van der Waals surface area contributed by atoms with Gasteiger partial charge in [-0.2, -0.15) is 0 Å². The molecular formula is C56H71F3IN7O12S. The number of aryl methyl sites for hydroxylation is 2. The van der Waals surface area contributed by atoms with Gasteiger partial charge in [-0.15, -0.1) is 11.3 Å². The zero-order chi connectivity index (χ0) is 57.4. The number of carbonyl (C=O) groups is 4. The highest BCUT2D eigenvalue weighted by atomic mass is 127. The molecule has 3 aromatic carbocycles. The number of ketones is 1. The molecule has 0 radical (unpaired) electrons. The Morgan fingerprint density at radius 1 is 0.812 bits per heavy atom. The third-order valence-corrected chi connectivity index (χ3v) is 14.4. The average Bonchev–Trinajstić information content (AvgIpc) is 4.18. The monoisotopic (exact) mass is 1250 g/mol. The lowest BCUT2D eigenvalue weighted by Gasteiger charge is -2.30. The van der Waals surface area contributed by atoms with Gasteiger partial charge in [0.15, 0.2) is 17.4 Å². The van der Waals surface area contributed by atoms with Crippen LogP contribution in [0, 0.1) is 40.8 Å². The third-order valence-electron chi connectivity index (χ3n) is 12.7. The van der Waals surface area contributed by atoms with E-state index in [-0.39, 0.29) is 74.7 Å². The quantitative estimate of drug-likeness (QED) is 0.0151.